The van der Waals surface area contributed by atoms with Gasteiger partial charge in [0.2, 0.25) is 11.8 Å². The summed E-state index contributed by atoms with van der Waals surface area (Å²) in [5.74, 6) is 0.00730. The van der Waals surface area contributed by atoms with E-state index in [0.717, 1.165) is 19.4 Å². The topological polar surface area (TPSA) is 49.4 Å². The predicted octanol–water partition coefficient (Wildman–Crippen LogP) is 0.690. The van der Waals surface area contributed by atoms with Crippen LogP contribution in [0.15, 0.2) is 12.2 Å². The van der Waals surface area contributed by atoms with Gasteiger partial charge in [0.05, 0.1) is 0 Å². The SMILES string of the molecule is C/C=C/C(=O)N1CCCC(NC(C)=O)C1. The summed E-state index contributed by atoms with van der Waals surface area (Å²) in [7, 11) is 0. The van der Waals surface area contributed by atoms with Crippen LogP contribution < -0.4 is 5.32 Å². The van der Waals surface area contributed by atoms with Crippen molar-refractivity contribution in [2.24, 2.45) is 0 Å². The van der Waals surface area contributed by atoms with Gasteiger partial charge in [0.25, 0.3) is 0 Å². The summed E-state index contributed by atoms with van der Waals surface area (Å²) in [4.78, 5) is 24.2. The molecule has 84 valence electrons. The Morgan fingerprint density at radius 3 is 2.80 bits per heavy atom. The summed E-state index contributed by atoms with van der Waals surface area (Å²) >= 11 is 0. The van der Waals surface area contributed by atoms with E-state index in [1.165, 1.54) is 6.92 Å². The number of carbonyl (C=O) groups is 2. The Balaban J connectivity index is 2.48. The maximum atomic E-state index is 11.6. The number of amides is 2. The summed E-state index contributed by atoms with van der Waals surface area (Å²) < 4.78 is 0. The molecule has 1 saturated heterocycles. The third-order valence-electron chi connectivity index (χ3n) is 2.45. The summed E-state index contributed by atoms with van der Waals surface area (Å²) in [6.07, 6.45) is 5.22. The second kappa shape index (κ2) is 5.53. The van der Waals surface area contributed by atoms with Crippen molar-refractivity contribution in [3.05, 3.63) is 12.2 Å². The second-order valence-electron chi connectivity index (χ2n) is 3.82. The summed E-state index contributed by atoms with van der Waals surface area (Å²) in [6, 6.07) is 0.116. The van der Waals surface area contributed by atoms with Gasteiger partial charge in [-0.2, -0.15) is 0 Å². The minimum absolute atomic E-state index is 0.0275. The van der Waals surface area contributed by atoms with E-state index in [4.69, 9.17) is 0 Å². The van der Waals surface area contributed by atoms with Crippen molar-refractivity contribution in [2.45, 2.75) is 32.7 Å². The van der Waals surface area contributed by atoms with Crippen LogP contribution in [-0.2, 0) is 9.59 Å². The maximum Gasteiger partial charge on any atom is 0.246 e. The van der Waals surface area contributed by atoms with Crippen LogP contribution in [0.4, 0.5) is 0 Å². The number of likely N-dealkylation sites (tertiary alicyclic amines) is 1. The van der Waals surface area contributed by atoms with E-state index in [2.05, 4.69) is 5.32 Å². The molecule has 0 aromatic heterocycles. The fraction of sp³-hybridized carbons (Fsp3) is 0.636. The molecule has 15 heavy (non-hydrogen) atoms. The average Bonchev–Trinajstić information content (AvgIpc) is 2.17. The molecule has 0 spiro atoms. The molecule has 1 unspecified atom stereocenters. The summed E-state index contributed by atoms with van der Waals surface area (Å²) in [5, 5.41) is 2.85. The van der Waals surface area contributed by atoms with E-state index in [9.17, 15) is 9.59 Å². The van der Waals surface area contributed by atoms with E-state index in [0.29, 0.717) is 6.54 Å². The zero-order chi connectivity index (χ0) is 11.3. The van der Waals surface area contributed by atoms with Gasteiger partial charge in [-0.25, -0.2) is 0 Å². The van der Waals surface area contributed by atoms with E-state index in [1.807, 2.05) is 6.92 Å². The molecule has 2 amide bonds. The number of piperidine rings is 1. The highest BCUT2D eigenvalue weighted by Crippen LogP contribution is 2.10. The van der Waals surface area contributed by atoms with E-state index < -0.39 is 0 Å². The standard InChI is InChI=1S/C11H18N2O2/c1-3-5-11(15)13-7-4-6-10(8-13)12-9(2)14/h3,5,10H,4,6-8H2,1-2H3,(H,12,14)/b5-3+. The Bertz CT molecular complexity index is 274. The van der Waals surface area contributed by atoms with Crippen molar-refractivity contribution in [1.29, 1.82) is 0 Å². The number of nitrogens with one attached hydrogen (secondary N) is 1. The Hall–Kier alpha value is -1.32. The lowest BCUT2D eigenvalue weighted by Gasteiger charge is -2.32. The van der Waals surface area contributed by atoms with Gasteiger partial charge < -0.3 is 10.2 Å². The van der Waals surface area contributed by atoms with Gasteiger partial charge in [-0.05, 0) is 25.8 Å². The molecular weight excluding hydrogens is 192 g/mol. The van der Waals surface area contributed by atoms with Gasteiger partial charge in [0.1, 0.15) is 0 Å². The first-order valence-corrected chi connectivity index (χ1v) is 5.32. The molecule has 1 rings (SSSR count). The third kappa shape index (κ3) is 3.73. The van der Waals surface area contributed by atoms with Crippen LogP contribution in [0.25, 0.3) is 0 Å². The highest BCUT2D eigenvalue weighted by Gasteiger charge is 2.22. The molecule has 1 atom stereocenters. The van der Waals surface area contributed by atoms with Gasteiger partial charge in [-0.3, -0.25) is 9.59 Å². The summed E-state index contributed by atoms with van der Waals surface area (Å²) in [6.45, 7) is 4.75. The minimum atomic E-state index is -0.0275. The lowest BCUT2D eigenvalue weighted by Crippen LogP contribution is -2.48. The van der Waals surface area contributed by atoms with Crippen LogP contribution >= 0.6 is 0 Å². The number of carbonyl (C=O) groups excluding carboxylic acids is 2. The molecule has 0 saturated carbocycles. The Labute approximate surface area is 90.3 Å². The van der Waals surface area contributed by atoms with Crippen molar-refractivity contribution < 1.29 is 9.59 Å². The van der Waals surface area contributed by atoms with Crippen LogP contribution in [0.5, 0.6) is 0 Å². The molecule has 0 aromatic rings. The number of hydrogen-bond donors (Lipinski definition) is 1. The smallest absolute Gasteiger partial charge is 0.246 e. The number of nitrogens with zero attached hydrogens (tertiary/aromatic N) is 1. The normalized spacial score (nSPS) is 21.7. The van der Waals surface area contributed by atoms with Gasteiger partial charge in [-0.15, -0.1) is 0 Å². The first-order valence-electron chi connectivity index (χ1n) is 5.32. The molecule has 1 N–H and O–H groups in total. The Morgan fingerprint density at radius 1 is 1.47 bits per heavy atom. The van der Waals surface area contributed by atoms with Crippen LogP contribution in [0.1, 0.15) is 26.7 Å². The first kappa shape index (κ1) is 11.8. The van der Waals surface area contributed by atoms with Crippen LogP contribution in [0, 0.1) is 0 Å². The van der Waals surface area contributed by atoms with E-state index in [-0.39, 0.29) is 17.9 Å². The fourth-order valence-electron chi connectivity index (χ4n) is 1.83. The van der Waals surface area contributed by atoms with Crippen molar-refractivity contribution in [3.63, 3.8) is 0 Å². The van der Waals surface area contributed by atoms with Crippen LogP contribution in [0.3, 0.4) is 0 Å². The largest absolute Gasteiger partial charge is 0.352 e. The molecule has 0 bridgehead atoms. The second-order valence-corrected chi connectivity index (χ2v) is 3.82. The van der Waals surface area contributed by atoms with Crippen molar-refractivity contribution >= 4 is 11.8 Å². The highest BCUT2D eigenvalue weighted by molar-refractivity contribution is 5.87. The molecule has 4 nitrogen and oxygen atoms in total. The summed E-state index contributed by atoms with van der Waals surface area (Å²) in [5.41, 5.74) is 0. The van der Waals surface area contributed by atoms with Gasteiger partial charge in [0.15, 0.2) is 0 Å². The number of rotatable bonds is 2. The van der Waals surface area contributed by atoms with Gasteiger partial charge >= 0.3 is 0 Å². The molecule has 1 fully saturated rings. The molecule has 1 aliphatic heterocycles. The number of hydrogen-bond acceptors (Lipinski definition) is 2. The highest BCUT2D eigenvalue weighted by atomic mass is 16.2. The van der Waals surface area contributed by atoms with Gasteiger partial charge in [0, 0.05) is 26.1 Å². The fourth-order valence-corrected chi connectivity index (χ4v) is 1.83. The van der Waals surface area contributed by atoms with Gasteiger partial charge in [-0.1, -0.05) is 6.08 Å². The van der Waals surface area contributed by atoms with Crippen molar-refractivity contribution in [2.75, 3.05) is 13.1 Å². The van der Waals surface area contributed by atoms with Crippen LogP contribution in [-0.4, -0.2) is 35.8 Å². The molecule has 0 radical (unpaired) electrons. The predicted molar refractivity (Wildman–Crippen MR) is 58.2 cm³/mol. The lowest BCUT2D eigenvalue weighted by atomic mass is 10.1. The Kier molecular flexibility index (Phi) is 4.34. The molecule has 1 heterocycles. The zero-order valence-electron chi connectivity index (χ0n) is 9.32. The molecule has 4 heteroatoms. The first-order chi connectivity index (χ1) is 7.13. The molecular formula is C11H18N2O2. The minimum Gasteiger partial charge on any atom is -0.352 e. The molecule has 0 aromatic carbocycles. The zero-order valence-corrected chi connectivity index (χ0v) is 9.32. The van der Waals surface area contributed by atoms with Crippen LogP contribution in [0.2, 0.25) is 0 Å². The monoisotopic (exact) mass is 210 g/mol. The van der Waals surface area contributed by atoms with Crippen molar-refractivity contribution in [3.8, 4) is 0 Å². The van der Waals surface area contributed by atoms with E-state index in [1.54, 1.807) is 17.1 Å². The van der Waals surface area contributed by atoms with Crippen molar-refractivity contribution in [1.82, 2.24) is 10.2 Å². The Morgan fingerprint density at radius 2 is 2.20 bits per heavy atom. The quantitative estimate of drug-likeness (QED) is 0.682. The van der Waals surface area contributed by atoms with E-state index >= 15 is 0 Å². The lowest BCUT2D eigenvalue weighted by molar-refractivity contribution is -0.128. The maximum absolute atomic E-state index is 11.6. The molecule has 0 aliphatic carbocycles. The number of allylic oxidation sites excluding steroid dienone is 1. The third-order valence-corrected chi connectivity index (χ3v) is 2.45. The molecule has 1 aliphatic rings. The average molecular weight is 210 g/mol.